The van der Waals surface area contributed by atoms with Crippen LogP contribution < -0.4 is 4.74 Å². The Morgan fingerprint density at radius 1 is 1.62 bits per heavy atom. The molecule has 0 amide bonds. The first-order valence-corrected chi connectivity index (χ1v) is 3.81. The zero-order valence-electron chi connectivity index (χ0n) is 7.10. The molecule has 4 nitrogen and oxygen atoms in total. The van der Waals surface area contributed by atoms with E-state index in [2.05, 4.69) is 4.98 Å². The van der Waals surface area contributed by atoms with Gasteiger partial charge in [0.25, 0.3) is 0 Å². The molecule has 0 aliphatic heterocycles. The van der Waals surface area contributed by atoms with Crippen molar-refractivity contribution < 1.29 is 9.53 Å². The Morgan fingerprint density at radius 2 is 2.46 bits per heavy atom. The molecule has 2 heterocycles. The molecular formula is C9H8N2O2. The summed E-state index contributed by atoms with van der Waals surface area (Å²) in [5, 5.41) is 0. The third kappa shape index (κ3) is 1.16. The van der Waals surface area contributed by atoms with E-state index < -0.39 is 0 Å². The average molecular weight is 176 g/mol. The number of hydrogen-bond donors (Lipinski definition) is 0. The zero-order valence-corrected chi connectivity index (χ0v) is 7.10. The number of ether oxygens (including phenoxy) is 1. The van der Waals surface area contributed by atoms with Crippen LogP contribution >= 0.6 is 0 Å². The van der Waals surface area contributed by atoms with Crippen LogP contribution in [0.5, 0.6) is 5.75 Å². The maximum Gasteiger partial charge on any atom is 0.185 e. The van der Waals surface area contributed by atoms with Crippen LogP contribution in [-0.2, 0) is 0 Å². The van der Waals surface area contributed by atoms with Crippen molar-refractivity contribution in [3.8, 4) is 5.75 Å². The smallest absolute Gasteiger partial charge is 0.185 e. The minimum Gasteiger partial charge on any atom is -0.497 e. The molecule has 2 rings (SSSR count). The highest BCUT2D eigenvalue weighted by atomic mass is 16.5. The number of rotatable bonds is 2. The molecule has 0 unspecified atom stereocenters. The summed E-state index contributed by atoms with van der Waals surface area (Å²) in [6, 6.07) is 3.60. The van der Waals surface area contributed by atoms with Crippen molar-refractivity contribution in [2.45, 2.75) is 0 Å². The number of fused-ring (bicyclic) bond motifs is 1. The first-order chi connectivity index (χ1) is 6.35. The van der Waals surface area contributed by atoms with Gasteiger partial charge in [-0.15, -0.1) is 0 Å². The van der Waals surface area contributed by atoms with Gasteiger partial charge in [-0.1, -0.05) is 0 Å². The molecule has 0 aromatic carbocycles. The van der Waals surface area contributed by atoms with Gasteiger partial charge >= 0.3 is 0 Å². The number of hydrogen-bond acceptors (Lipinski definition) is 3. The molecule has 0 bridgehead atoms. The number of imidazole rings is 1. The SMILES string of the molecule is COc1ccn2c(C=O)ncc2c1. The van der Waals surface area contributed by atoms with E-state index in [1.807, 2.05) is 6.07 Å². The van der Waals surface area contributed by atoms with Gasteiger partial charge in [0.1, 0.15) is 5.75 Å². The lowest BCUT2D eigenvalue weighted by Gasteiger charge is -1.99. The van der Waals surface area contributed by atoms with Gasteiger partial charge < -0.3 is 4.74 Å². The third-order valence-corrected chi connectivity index (χ3v) is 1.87. The second-order valence-electron chi connectivity index (χ2n) is 2.60. The van der Waals surface area contributed by atoms with Crippen molar-refractivity contribution in [1.82, 2.24) is 9.38 Å². The Labute approximate surface area is 74.8 Å². The fourth-order valence-electron chi connectivity index (χ4n) is 1.21. The topological polar surface area (TPSA) is 43.6 Å². The Bertz CT molecular complexity index is 448. The summed E-state index contributed by atoms with van der Waals surface area (Å²) >= 11 is 0. The van der Waals surface area contributed by atoms with Gasteiger partial charge in [0.15, 0.2) is 12.1 Å². The fraction of sp³-hybridized carbons (Fsp3) is 0.111. The fourth-order valence-corrected chi connectivity index (χ4v) is 1.21. The summed E-state index contributed by atoms with van der Waals surface area (Å²) < 4.78 is 6.74. The van der Waals surface area contributed by atoms with Crippen LogP contribution in [0.1, 0.15) is 10.6 Å². The van der Waals surface area contributed by atoms with Crippen molar-refractivity contribution in [3.63, 3.8) is 0 Å². The maximum absolute atomic E-state index is 10.5. The van der Waals surface area contributed by atoms with E-state index in [0.717, 1.165) is 17.6 Å². The lowest BCUT2D eigenvalue weighted by Crippen LogP contribution is -1.92. The van der Waals surface area contributed by atoms with Crippen LogP contribution in [0.3, 0.4) is 0 Å². The molecule has 0 saturated carbocycles. The monoisotopic (exact) mass is 176 g/mol. The van der Waals surface area contributed by atoms with Crippen molar-refractivity contribution in [3.05, 3.63) is 30.4 Å². The third-order valence-electron chi connectivity index (χ3n) is 1.87. The molecule has 0 aliphatic rings. The predicted molar refractivity (Wildman–Crippen MR) is 47.1 cm³/mol. The molecule has 2 aromatic rings. The number of carbonyl (C=O) groups excluding carboxylic acids is 1. The molecule has 66 valence electrons. The molecule has 2 aromatic heterocycles. The van der Waals surface area contributed by atoms with Crippen LogP contribution in [0, 0.1) is 0 Å². The summed E-state index contributed by atoms with van der Waals surface area (Å²) in [5.74, 6) is 1.16. The Hall–Kier alpha value is -1.84. The lowest BCUT2D eigenvalue weighted by molar-refractivity contribution is 0.111. The highest BCUT2D eigenvalue weighted by Gasteiger charge is 2.01. The van der Waals surface area contributed by atoms with Crippen LogP contribution in [0.2, 0.25) is 0 Å². The van der Waals surface area contributed by atoms with E-state index in [4.69, 9.17) is 4.74 Å². The van der Waals surface area contributed by atoms with E-state index in [1.54, 1.807) is 30.0 Å². The number of pyridine rings is 1. The summed E-state index contributed by atoms with van der Waals surface area (Å²) in [7, 11) is 1.60. The molecule has 0 fully saturated rings. The predicted octanol–water partition coefficient (Wildman–Crippen LogP) is 1.16. The Kier molecular flexibility index (Phi) is 1.73. The van der Waals surface area contributed by atoms with Crippen LogP contribution in [0.25, 0.3) is 5.52 Å². The lowest BCUT2D eigenvalue weighted by atomic mass is 10.4. The van der Waals surface area contributed by atoms with E-state index in [0.29, 0.717) is 5.82 Å². The summed E-state index contributed by atoms with van der Waals surface area (Å²) in [6.45, 7) is 0. The minimum absolute atomic E-state index is 0.401. The molecule has 0 N–H and O–H groups in total. The quantitative estimate of drug-likeness (QED) is 0.645. The van der Waals surface area contributed by atoms with Crippen molar-refractivity contribution in [2.24, 2.45) is 0 Å². The molecule has 0 aliphatic carbocycles. The number of nitrogens with zero attached hydrogens (tertiary/aromatic N) is 2. The van der Waals surface area contributed by atoms with Crippen LogP contribution in [0.4, 0.5) is 0 Å². The molecule has 0 radical (unpaired) electrons. The van der Waals surface area contributed by atoms with Gasteiger partial charge in [-0.05, 0) is 6.07 Å². The largest absolute Gasteiger partial charge is 0.497 e. The van der Waals surface area contributed by atoms with Crippen molar-refractivity contribution >= 4 is 11.8 Å². The molecule has 0 spiro atoms. The van der Waals surface area contributed by atoms with E-state index >= 15 is 0 Å². The number of carbonyl (C=O) groups is 1. The van der Waals surface area contributed by atoms with E-state index in [9.17, 15) is 4.79 Å². The van der Waals surface area contributed by atoms with Crippen LogP contribution in [-0.4, -0.2) is 22.8 Å². The molecule has 4 heteroatoms. The minimum atomic E-state index is 0.401. The van der Waals surface area contributed by atoms with Gasteiger partial charge in [-0.2, -0.15) is 0 Å². The number of methoxy groups -OCH3 is 1. The highest BCUT2D eigenvalue weighted by Crippen LogP contribution is 2.14. The molecule has 0 atom stereocenters. The van der Waals surface area contributed by atoms with Crippen LogP contribution in [0.15, 0.2) is 24.5 Å². The average Bonchev–Trinajstić information content (AvgIpc) is 2.59. The normalized spacial score (nSPS) is 10.2. The first kappa shape index (κ1) is 7.79. The van der Waals surface area contributed by atoms with Gasteiger partial charge in [0, 0.05) is 12.3 Å². The van der Waals surface area contributed by atoms with Crippen molar-refractivity contribution in [1.29, 1.82) is 0 Å². The summed E-state index contributed by atoms with van der Waals surface area (Å²) in [5.41, 5.74) is 0.849. The van der Waals surface area contributed by atoms with Gasteiger partial charge in [0.05, 0.1) is 18.8 Å². The highest BCUT2D eigenvalue weighted by molar-refractivity contribution is 5.72. The maximum atomic E-state index is 10.5. The second kappa shape index (κ2) is 2.90. The number of aromatic nitrogens is 2. The Morgan fingerprint density at radius 3 is 3.15 bits per heavy atom. The van der Waals surface area contributed by atoms with E-state index in [-0.39, 0.29) is 0 Å². The molecule has 13 heavy (non-hydrogen) atoms. The van der Waals surface area contributed by atoms with Gasteiger partial charge in [-0.3, -0.25) is 9.20 Å². The molecular weight excluding hydrogens is 168 g/mol. The number of aldehydes is 1. The Balaban J connectivity index is 2.67. The second-order valence-corrected chi connectivity index (χ2v) is 2.60. The summed E-state index contributed by atoms with van der Waals surface area (Å²) in [4.78, 5) is 14.5. The van der Waals surface area contributed by atoms with Gasteiger partial charge in [0.2, 0.25) is 0 Å². The van der Waals surface area contributed by atoms with Crippen molar-refractivity contribution in [2.75, 3.05) is 7.11 Å². The zero-order chi connectivity index (χ0) is 9.26. The van der Waals surface area contributed by atoms with Gasteiger partial charge in [-0.25, -0.2) is 4.98 Å². The first-order valence-electron chi connectivity index (χ1n) is 3.81. The van der Waals surface area contributed by atoms with E-state index in [1.165, 1.54) is 0 Å². The standard InChI is InChI=1S/C9H8N2O2/c1-13-8-2-3-11-7(4-8)5-10-9(11)6-12/h2-6H,1H3. The summed E-state index contributed by atoms with van der Waals surface area (Å²) in [6.07, 6.45) is 4.11. The molecule has 0 saturated heterocycles.